The van der Waals surface area contributed by atoms with Crippen molar-refractivity contribution in [3.05, 3.63) is 0 Å². The Labute approximate surface area is 223 Å². The number of phosphoric acid groups is 1. The summed E-state index contributed by atoms with van der Waals surface area (Å²) < 4.78 is 15.2. The number of carboxylic acid groups (broad SMARTS) is 1. The maximum Gasteiger partial charge on any atom is 1.00 e. The van der Waals surface area contributed by atoms with E-state index < -0.39 is 32.5 Å². The van der Waals surface area contributed by atoms with Crippen molar-refractivity contribution in [1.29, 1.82) is 0 Å². The van der Waals surface area contributed by atoms with Crippen LogP contribution in [0.4, 0.5) is 0 Å². The Bertz CT molecular complexity index is 545. The van der Waals surface area contributed by atoms with Crippen LogP contribution in [0.1, 0.15) is 97.3 Å². The smallest absolute Gasteiger partial charge is 0.790 e. The van der Waals surface area contributed by atoms with Crippen LogP contribution in [0.15, 0.2) is 0 Å². The third-order valence-electron chi connectivity index (χ3n) is 6.29. The summed E-state index contributed by atoms with van der Waals surface area (Å²) in [6.45, 7) is 3.50. The van der Waals surface area contributed by atoms with Gasteiger partial charge in [0.05, 0.1) is 28.5 Å². The van der Waals surface area contributed by atoms with Gasteiger partial charge < -0.3 is 33.6 Å². The molecular formula is C23H47NNaO7P. The van der Waals surface area contributed by atoms with Gasteiger partial charge in [0.2, 0.25) is 0 Å². The van der Waals surface area contributed by atoms with Gasteiger partial charge >= 0.3 is 35.5 Å². The van der Waals surface area contributed by atoms with Gasteiger partial charge in [-0.15, -0.1) is 0 Å². The maximum absolute atomic E-state index is 11.4. The molecule has 0 aromatic heterocycles. The van der Waals surface area contributed by atoms with Gasteiger partial charge in [0.25, 0.3) is 0 Å². The summed E-state index contributed by atoms with van der Waals surface area (Å²) in [6.07, 6.45) is 13.0. The Kier molecular flexibility index (Phi) is 21.2. The maximum atomic E-state index is 11.4. The Morgan fingerprint density at radius 3 is 1.85 bits per heavy atom. The van der Waals surface area contributed by atoms with Gasteiger partial charge in [-0.3, -0.25) is 0 Å². The molecule has 192 valence electrons. The number of phosphoric ester groups is 1. The number of hydrogen-bond acceptors (Lipinski definition) is 6. The minimum absolute atomic E-state index is 0. The van der Waals surface area contributed by atoms with Crippen molar-refractivity contribution in [3.8, 4) is 0 Å². The van der Waals surface area contributed by atoms with E-state index in [1.54, 1.807) is 14.1 Å². The number of quaternary nitrogens is 1. The molecule has 0 aromatic carbocycles. The molecule has 0 spiro atoms. The summed E-state index contributed by atoms with van der Waals surface area (Å²) in [5.41, 5.74) is 0. The van der Waals surface area contributed by atoms with Crippen LogP contribution < -0.4 is 39.3 Å². The van der Waals surface area contributed by atoms with E-state index in [1.165, 1.54) is 32.1 Å². The zero-order valence-corrected chi connectivity index (χ0v) is 24.6. The van der Waals surface area contributed by atoms with E-state index in [2.05, 4.69) is 18.4 Å². The summed E-state index contributed by atoms with van der Waals surface area (Å²) in [5, 5.41) is 20.1. The Balaban J connectivity index is 0. The van der Waals surface area contributed by atoms with Crippen molar-refractivity contribution in [2.45, 2.75) is 109 Å². The molecular weight excluding hydrogens is 456 g/mol. The standard InChI is InChI=1S/C23H48NO7P.Na/c1-5-7-9-11-12-14-16-20(15-13-10-8-6-2)17-21(24(3,4)18-23(26)27)22(25)19-31-32(28,29)30;/h20-22,25H,5-19H2,1-4H3,(H2-,26,27,28,29,30);/q;+1/p-1. The summed E-state index contributed by atoms with van der Waals surface area (Å²) in [6, 6.07) is -0.547. The number of aliphatic carboxylic acids is 1. The Morgan fingerprint density at radius 2 is 1.39 bits per heavy atom. The number of unbranched alkanes of at least 4 members (excludes halogenated alkanes) is 8. The van der Waals surface area contributed by atoms with Crippen LogP contribution >= 0.6 is 7.82 Å². The molecule has 0 bridgehead atoms. The Morgan fingerprint density at radius 1 is 0.939 bits per heavy atom. The molecule has 2 N–H and O–H groups in total. The number of nitrogens with zero attached hydrogens (tertiary/aromatic N) is 1. The first-order valence-corrected chi connectivity index (χ1v) is 13.8. The predicted octanol–water partition coefficient (Wildman–Crippen LogP) is 0.454. The SMILES string of the molecule is CCCCCCCCC(CCCCCC)CC(C(O)COP(=O)([O-])[O-])[N+](C)(C)CC(=O)O.[Na+]. The summed E-state index contributed by atoms with van der Waals surface area (Å²) in [5.74, 6) is -0.697. The first kappa shape index (κ1) is 35.7. The quantitative estimate of drug-likeness (QED) is 0.101. The molecule has 33 heavy (non-hydrogen) atoms. The molecule has 0 saturated carbocycles. The molecule has 0 aliphatic heterocycles. The van der Waals surface area contributed by atoms with Crippen molar-refractivity contribution in [3.63, 3.8) is 0 Å². The topological polar surface area (TPSA) is 130 Å². The average molecular weight is 504 g/mol. The van der Waals surface area contributed by atoms with Crippen LogP contribution in [0.2, 0.25) is 0 Å². The number of rotatable bonds is 21. The van der Waals surface area contributed by atoms with Crippen LogP contribution in [-0.2, 0) is 13.9 Å². The van der Waals surface area contributed by atoms with E-state index >= 15 is 0 Å². The number of aliphatic hydroxyl groups excluding tert-OH is 1. The van der Waals surface area contributed by atoms with Crippen LogP contribution in [0, 0.1) is 5.92 Å². The van der Waals surface area contributed by atoms with E-state index in [1.807, 2.05) is 0 Å². The molecule has 0 heterocycles. The van der Waals surface area contributed by atoms with Gasteiger partial charge in [-0.25, -0.2) is 4.79 Å². The van der Waals surface area contributed by atoms with E-state index in [-0.39, 0.29) is 40.6 Å². The van der Waals surface area contributed by atoms with Gasteiger partial charge in [-0.1, -0.05) is 90.9 Å². The molecule has 0 saturated heterocycles. The normalized spacial score (nSPS) is 15.0. The monoisotopic (exact) mass is 503 g/mol. The van der Waals surface area contributed by atoms with Gasteiger partial charge in [0.15, 0.2) is 6.54 Å². The fraction of sp³-hybridized carbons (Fsp3) is 0.957. The van der Waals surface area contributed by atoms with Crippen LogP contribution in [0.3, 0.4) is 0 Å². The van der Waals surface area contributed by atoms with E-state index in [0.717, 1.165) is 44.9 Å². The van der Waals surface area contributed by atoms with Crippen LogP contribution in [-0.4, -0.2) is 60.1 Å². The van der Waals surface area contributed by atoms with Crippen molar-refractivity contribution < 1.29 is 67.9 Å². The number of aliphatic hydroxyl groups is 1. The summed E-state index contributed by atoms with van der Waals surface area (Å²) in [4.78, 5) is 33.2. The molecule has 0 aliphatic carbocycles. The molecule has 3 atom stereocenters. The van der Waals surface area contributed by atoms with E-state index in [0.29, 0.717) is 12.3 Å². The van der Waals surface area contributed by atoms with Gasteiger partial charge in [-0.2, -0.15) is 0 Å². The average Bonchev–Trinajstić information content (AvgIpc) is 2.67. The second kappa shape index (κ2) is 19.7. The largest absolute Gasteiger partial charge is 1.00 e. The van der Waals surface area contributed by atoms with E-state index in [9.17, 15) is 29.4 Å². The van der Waals surface area contributed by atoms with Gasteiger partial charge in [0, 0.05) is 6.42 Å². The number of likely N-dealkylation sites (N-methyl/N-ethyl adjacent to an activating group) is 1. The van der Waals surface area contributed by atoms with Gasteiger partial charge in [-0.05, 0) is 5.92 Å². The number of carboxylic acids is 1. The van der Waals surface area contributed by atoms with Crippen molar-refractivity contribution in [2.75, 3.05) is 27.2 Å². The molecule has 10 heteroatoms. The minimum Gasteiger partial charge on any atom is -0.790 e. The van der Waals surface area contributed by atoms with Crippen molar-refractivity contribution >= 4 is 13.8 Å². The molecule has 0 rings (SSSR count). The van der Waals surface area contributed by atoms with Crippen LogP contribution in [0.25, 0.3) is 0 Å². The van der Waals surface area contributed by atoms with Crippen molar-refractivity contribution in [1.82, 2.24) is 0 Å². The van der Waals surface area contributed by atoms with E-state index in [4.69, 9.17) is 0 Å². The molecule has 0 aliphatic rings. The zero-order chi connectivity index (χ0) is 24.6. The first-order chi connectivity index (χ1) is 14.9. The molecule has 0 aromatic rings. The number of hydrogen-bond donors (Lipinski definition) is 2. The fourth-order valence-corrected chi connectivity index (χ4v) is 4.78. The fourth-order valence-electron chi connectivity index (χ4n) is 4.45. The van der Waals surface area contributed by atoms with Crippen LogP contribution in [0.5, 0.6) is 0 Å². The third kappa shape index (κ3) is 19.4. The van der Waals surface area contributed by atoms with Crippen molar-refractivity contribution in [2.24, 2.45) is 5.92 Å². The third-order valence-corrected chi connectivity index (χ3v) is 6.76. The first-order valence-electron chi connectivity index (χ1n) is 12.3. The molecule has 0 amide bonds. The molecule has 0 fully saturated rings. The number of carbonyl (C=O) groups is 1. The Hall–Kier alpha value is 0.500. The molecule has 0 radical (unpaired) electrons. The molecule has 3 unspecified atom stereocenters. The predicted molar refractivity (Wildman–Crippen MR) is 123 cm³/mol. The second-order valence-corrected chi connectivity index (χ2v) is 10.9. The minimum atomic E-state index is -5.21. The second-order valence-electron chi connectivity index (χ2n) is 9.72. The summed E-state index contributed by atoms with van der Waals surface area (Å²) in [7, 11) is -1.78. The zero-order valence-electron chi connectivity index (χ0n) is 21.7. The van der Waals surface area contributed by atoms with Gasteiger partial charge in [0.1, 0.15) is 12.1 Å². The molecule has 8 nitrogen and oxygen atoms in total. The summed E-state index contributed by atoms with van der Waals surface area (Å²) >= 11 is 0.